The lowest BCUT2D eigenvalue weighted by Gasteiger charge is -2.31. The summed E-state index contributed by atoms with van der Waals surface area (Å²) in [6, 6.07) is 6.42. The van der Waals surface area contributed by atoms with E-state index in [0.29, 0.717) is 31.8 Å². The zero-order valence-electron chi connectivity index (χ0n) is 14.2. The fourth-order valence-corrected chi connectivity index (χ4v) is 4.81. The number of hydrogen-bond donors (Lipinski definition) is 1. The summed E-state index contributed by atoms with van der Waals surface area (Å²) in [5.41, 5.74) is 0. The molecule has 24 heavy (non-hydrogen) atoms. The van der Waals surface area contributed by atoms with Gasteiger partial charge in [0, 0.05) is 19.6 Å². The number of nitrogens with zero attached hydrogens (tertiary/aromatic N) is 1. The smallest absolute Gasteiger partial charge is 0.244 e. The highest BCUT2D eigenvalue weighted by molar-refractivity contribution is 7.89. The summed E-state index contributed by atoms with van der Waals surface area (Å²) >= 11 is 6.04. The molecule has 7 heteroatoms. The minimum absolute atomic E-state index is 0.0605. The van der Waals surface area contributed by atoms with Crippen LogP contribution in [0.3, 0.4) is 0 Å². The molecule has 1 amide bonds. The maximum Gasteiger partial charge on any atom is 0.244 e. The van der Waals surface area contributed by atoms with Gasteiger partial charge in [-0.05, 0) is 37.3 Å². The maximum absolute atomic E-state index is 12.8. The predicted octanol–water partition coefficient (Wildman–Crippen LogP) is 2.90. The molecule has 5 nitrogen and oxygen atoms in total. The highest BCUT2D eigenvalue weighted by Gasteiger charge is 2.34. The number of carbonyl (C=O) groups is 1. The molecule has 1 fully saturated rings. The molecule has 0 saturated carbocycles. The van der Waals surface area contributed by atoms with Gasteiger partial charge in [-0.15, -0.1) is 0 Å². The molecular weight excluding hydrogens is 348 g/mol. The van der Waals surface area contributed by atoms with Gasteiger partial charge in [-0.25, -0.2) is 8.42 Å². The van der Waals surface area contributed by atoms with Gasteiger partial charge in [0.05, 0.1) is 10.9 Å². The lowest BCUT2D eigenvalue weighted by Crippen LogP contribution is -2.45. The third-order valence-electron chi connectivity index (χ3n) is 4.23. The Hall–Kier alpha value is -1.11. The molecule has 1 aliphatic rings. The average molecular weight is 373 g/mol. The summed E-state index contributed by atoms with van der Waals surface area (Å²) in [5, 5.41) is 3.13. The summed E-state index contributed by atoms with van der Waals surface area (Å²) in [4.78, 5) is 12.4. The number of piperidine rings is 1. The van der Waals surface area contributed by atoms with Crippen molar-refractivity contribution in [2.45, 2.75) is 38.0 Å². The van der Waals surface area contributed by atoms with Gasteiger partial charge in [0.15, 0.2) is 0 Å². The zero-order chi connectivity index (χ0) is 17.7. The fourth-order valence-electron chi connectivity index (χ4n) is 2.80. The second-order valence-electron chi connectivity index (χ2n) is 6.61. The highest BCUT2D eigenvalue weighted by atomic mass is 35.5. The van der Waals surface area contributed by atoms with Gasteiger partial charge in [-0.1, -0.05) is 37.6 Å². The van der Waals surface area contributed by atoms with Gasteiger partial charge in [0.1, 0.15) is 4.90 Å². The van der Waals surface area contributed by atoms with E-state index in [4.69, 9.17) is 11.6 Å². The highest BCUT2D eigenvalue weighted by Crippen LogP contribution is 2.28. The molecule has 1 atom stereocenters. The average Bonchev–Trinajstić information content (AvgIpc) is 2.54. The van der Waals surface area contributed by atoms with Crippen molar-refractivity contribution in [3.63, 3.8) is 0 Å². The molecule has 0 radical (unpaired) electrons. The summed E-state index contributed by atoms with van der Waals surface area (Å²) in [6.45, 7) is 5.46. The fraction of sp³-hybridized carbons (Fsp3) is 0.588. The van der Waals surface area contributed by atoms with Gasteiger partial charge in [-0.3, -0.25) is 4.79 Å². The Morgan fingerprint density at radius 1 is 1.38 bits per heavy atom. The third kappa shape index (κ3) is 4.71. The van der Waals surface area contributed by atoms with Gasteiger partial charge < -0.3 is 5.32 Å². The van der Waals surface area contributed by atoms with Crippen LogP contribution >= 0.6 is 11.6 Å². The van der Waals surface area contributed by atoms with Crippen LogP contribution in [-0.2, 0) is 14.8 Å². The van der Waals surface area contributed by atoms with E-state index in [1.807, 2.05) is 0 Å². The van der Waals surface area contributed by atoms with E-state index in [1.54, 1.807) is 18.2 Å². The molecule has 1 aromatic rings. The van der Waals surface area contributed by atoms with Crippen LogP contribution in [0.5, 0.6) is 0 Å². The van der Waals surface area contributed by atoms with Crippen molar-refractivity contribution in [1.82, 2.24) is 9.62 Å². The standard InChI is InChI=1S/C17H25ClN2O3S/c1-13(2)9-10-19-17(21)14-6-5-11-20(12-14)24(22,23)16-8-4-3-7-15(16)18/h3-4,7-8,13-14H,5-6,9-12H2,1-2H3,(H,19,21)/t14-/m1/s1. The minimum Gasteiger partial charge on any atom is -0.356 e. The third-order valence-corrected chi connectivity index (χ3v) is 6.60. The lowest BCUT2D eigenvalue weighted by atomic mass is 9.98. The minimum atomic E-state index is -3.67. The Morgan fingerprint density at radius 3 is 2.75 bits per heavy atom. The van der Waals surface area contributed by atoms with Crippen molar-refractivity contribution in [3.8, 4) is 0 Å². The van der Waals surface area contributed by atoms with Crippen molar-refractivity contribution in [2.75, 3.05) is 19.6 Å². The van der Waals surface area contributed by atoms with Crippen molar-refractivity contribution in [1.29, 1.82) is 0 Å². The molecule has 0 spiro atoms. The van der Waals surface area contributed by atoms with Gasteiger partial charge in [-0.2, -0.15) is 4.31 Å². The number of hydrogen-bond acceptors (Lipinski definition) is 3. The second-order valence-corrected chi connectivity index (χ2v) is 8.92. The van der Waals surface area contributed by atoms with Gasteiger partial charge in [0.2, 0.25) is 15.9 Å². The van der Waals surface area contributed by atoms with Crippen LogP contribution in [0.4, 0.5) is 0 Å². The van der Waals surface area contributed by atoms with E-state index in [0.717, 1.165) is 6.42 Å². The largest absolute Gasteiger partial charge is 0.356 e. The van der Waals surface area contributed by atoms with E-state index in [2.05, 4.69) is 19.2 Å². The number of benzene rings is 1. The molecule has 0 bridgehead atoms. The van der Waals surface area contributed by atoms with Crippen molar-refractivity contribution in [3.05, 3.63) is 29.3 Å². The first-order valence-electron chi connectivity index (χ1n) is 8.34. The maximum atomic E-state index is 12.8. The summed E-state index contributed by atoms with van der Waals surface area (Å²) in [6.07, 6.45) is 2.30. The van der Waals surface area contributed by atoms with E-state index in [-0.39, 0.29) is 28.3 Å². The molecule has 1 N–H and O–H groups in total. The number of rotatable bonds is 6. The van der Waals surface area contributed by atoms with Crippen LogP contribution < -0.4 is 5.32 Å². The first-order valence-corrected chi connectivity index (χ1v) is 10.2. The summed E-state index contributed by atoms with van der Waals surface area (Å²) < 4.78 is 27.0. The molecule has 1 heterocycles. The first-order chi connectivity index (χ1) is 11.3. The Bertz CT molecular complexity index is 676. The topological polar surface area (TPSA) is 66.5 Å². The molecule has 0 unspecified atom stereocenters. The predicted molar refractivity (Wildman–Crippen MR) is 95.4 cm³/mol. The number of nitrogens with one attached hydrogen (secondary N) is 1. The Balaban J connectivity index is 2.05. The lowest BCUT2D eigenvalue weighted by molar-refractivity contribution is -0.126. The van der Waals surface area contributed by atoms with Crippen molar-refractivity contribution in [2.24, 2.45) is 11.8 Å². The van der Waals surface area contributed by atoms with Crippen molar-refractivity contribution >= 4 is 27.5 Å². The number of amides is 1. The zero-order valence-corrected chi connectivity index (χ0v) is 15.7. The molecule has 1 aromatic carbocycles. The second kappa shape index (κ2) is 8.32. The summed E-state index contributed by atoms with van der Waals surface area (Å²) in [7, 11) is -3.67. The van der Waals surface area contributed by atoms with Crippen LogP contribution in [-0.4, -0.2) is 38.3 Å². The monoisotopic (exact) mass is 372 g/mol. The van der Waals surface area contributed by atoms with E-state index in [9.17, 15) is 13.2 Å². The molecule has 134 valence electrons. The Morgan fingerprint density at radius 2 is 2.08 bits per heavy atom. The molecular formula is C17H25ClN2O3S. The summed E-state index contributed by atoms with van der Waals surface area (Å²) in [5.74, 6) is 0.159. The Labute approximate surface area is 149 Å². The van der Waals surface area contributed by atoms with Crippen molar-refractivity contribution < 1.29 is 13.2 Å². The SMILES string of the molecule is CC(C)CCNC(=O)[C@@H]1CCCN(S(=O)(=O)c2ccccc2Cl)C1. The number of carbonyl (C=O) groups excluding carboxylic acids is 1. The molecule has 1 aliphatic heterocycles. The normalized spacial score (nSPS) is 19.4. The molecule has 0 aliphatic carbocycles. The Kier molecular flexibility index (Phi) is 6.66. The quantitative estimate of drug-likeness (QED) is 0.834. The van der Waals surface area contributed by atoms with Gasteiger partial charge in [0.25, 0.3) is 0 Å². The van der Waals surface area contributed by atoms with Crippen LogP contribution in [0.15, 0.2) is 29.2 Å². The number of sulfonamides is 1. The van der Waals surface area contributed by atoms with Crippen LogP contribution in [0, 0.1) is 11.8 Å². The van der Waals surface area contributed by atoms with Gasteiger partial charge >= 0.3 is 0 Å². The first kappa shape index (κ1) is 19.2. The molecule has 2 rings (SSSR count). The van der Waals surface area contributed by atoms with E-state index in [1.165, 1.54) is 10.4 Å². The number of halogens is 1. The molecule has 1 saturated heterocycles. The van der Waals surface area contributed by atoms with Crippen LogP contribution in [0.25, 0.3) is 0 Å². The van der Waals surface area contributed by atoms with E-state index < -0.39 is 10.0 Å². The van der Waals surface area contributed by atoms with Crippen LogP contribution in [0.1, 0.15) is 33.1 Å². The van der Waals surface area contributed by atoms with E-state index >= 15 is 0 Å². The molecule has 0 aromatic heterocycles. The van der Waals surface area contributed by atoms with Crippen LogP contribution in [0.2, 0.25) is 5.02 Å².